The molecule has 0 radical (unpaired) electrons. The summed E-state index contributed by atoms with van der Waals surface area (Å²) in [6.45, 7) is 2.58. The maximum Gasteiger partial charge on any atom is 0.254 e. The highest BCUT2D eigenvalue weighted by molar-refractivity contribution is 6.06. The van der Waals surface area contributed by atoms with E-state index in [1.54, 1.807) is 4.90 Å². The summed E-state index contributed by atoms with van der Waals surface area (Å²) in [7, 11) is 0. The lowest BCUT2D eigenvalue weighted by atomic mass is 10.1. The van der Waals surface area contributed by atoms with Crippen LogP contribution in [-0.4, -0.2) is 42.1 Å². The third-order valence-electron chi connectivity index (χ3n) is 4.11. The van der Waals surface area contributed by atoms with Gasteiger partial charge in [-0.05, 0) is 24.6 Å². The predicted octanol–water partition coefficient (Wildman–Crippen LogP) is 2.56. The Bertz CT molecular complexity index is 695. The number of carbonyl (C=O) groups excluding carboxylic acids is 1. The number of nitrogens with one attached hydrogen (secondary N) is 1. The van der Waals surface area contributed by atoms with Crippen LogP contribution in [0, 0.1) is 17.2 Å². The molecular weight excluding hydrogens is 278 g/mol. The molecule has 0 saturated carbocycles. The fourth-order valence-corrected chi connectivity index (χ4v) is 2.94. The van der Waals surface area contributed by atoms with E-state index in [0.29, 0.717) is 37.6 Å². The number of rotatable bonds is 5. The summed E-state index contributed by atoms with van der Waals surface area (Å²) in [6.07, 6.45) is 3.17. The summed E-state index contributed by atoms with van der Waals surface area (Å²) in [5.41, 5.74) is 1.64. The third kappa shape index (κ3) is 2.97. The quantitative estimate of drug-likeness (QED) is 0.922. The molecule has 1 amide bonds. The van der Waals surface area contributed by atoms with Crippen LogP contribution in [0.2, 0.25) is 0 Å². The van der Waals surface area contributed by atoms with Gasteiger partial charge in [0, 0.05) is 48.3 Å². The van der Waals surface area contributed by atoms with E-state index in [1.807, 2.05) is 30.5 Å². The van der Waals surface area contributed by atoms with Crippen molar-refractivity contribution in [3.63, 3.8) is 0 Å². The Labute approximate surface area is 129 Å². The molecule has 0 unspecified atom stereocenters. The summed E-state index contributed by atoms with van der Waals surface area (Å²) >= 11 is 0. The summed E-state index contributed by atoms with van der Waals surface area (Å²) in [4.78, 5) is 17.8. The van der Waals surface area contributed by atoms with E-state index in [0.717, 1.165) is 23.9 Å². The minimum Gasteiger partial charge on any atom is -0.381 e. The van der Waals surface area contributed by atoms with Crippen molar-refractivity contribution in [2.24, 2.45) is 5.92 Å². The van der Waals surface area contributed by atoms with Gasteiger partial charge in [0.05, 0.1) is 19.1 Å². The molecular formula is C17H19N3O2. The van der Waals surface area contributed by atoms with Crippen LogP contribution in [0.15, 0.2) is 30.5 Å². The van der Waals surface area contributed by atoms with Crippen molar-refractivity contribution in [2.45, 2.75) is 12.8 Å². The average molecular weight is 297 g/mol. The molecule has 2 heterocycles. The Morgan fingerprint density at radius 2 is 2.36 bits per heavy atom. The zero-order valence-electron chi connectivity index (χ0n) is 12.4. The standard InChI is InChI=1S/C17H19N3O2/c18-7-2-9-20(11-13-6-10-22-12-13)17(21)15-3-1-4-16-14(15)5-8-19-16/h1,3-5,8,13,19H,2,6,9-12H2/t13-/m1/s1. The van der Waals surface area contributed by atoms with Crippen molar-refractivity contribution in [1.29, 1.82) is 5.26 Å². The zero-order chi connectivity index (χ0) is 15.4. The van der Waals surface area contributed by atoms with Crippen LogP contribution in [0.5, 0.6) is 0 Å². The number of hydrogen-bond acceptors (Lipinski definition) is 3. The summed E-state index contributed by atoms with van der Waals surface area (Å²) in [6, 6.07) is 9.74. The monoisotopic (exact) mass is 297 g/mol. The summed E-state index contributed by atoms with van der Waals surface area (Å²) in [5.74, 6) is 0.362. The Morgan fingerprint density at radius 3 is 3.14 bits per heavy atom. The van der Waals surface area contributed by atoms with E-state index < -0.39 is 0 Å². The van der Waals surface area contributed by atoms with Gasteiger partial charge in [0.25, 0.3) is 5.91 Å². The molecule has 5 heteroatoms. The zero-order valence-corrected chi connectivity index (χ0v) is 12.4. The predicted molar refractivity (Wildman–Crippen MR) is 83.4 cm³/mol. The normalized spacial score (nSPS) is 17.5. The highest BCUT2D eigenvalue weighted by atomic mass is 16.5. The summed E-state index contributed by atoms with van der Waals surface area (Å²) < 4.78 is 5.40. The van der Waals surface area contributed by atoms with Crippen LogP contribution in [0.25, 0.3) is 10.9 Å². The van der Waals surface area contributed by atoms with Crippen molar-refractivity contribution in [3.05, 3.63) is 36.0 Å². The van der Waals surface area contributed by atoms with Crippen molar-refractivity contribution >= 4 is 16.8 Å². The minimum absolute atomic E-state index is 0.00708. The molecule has 1 aromatic carbocycles. The van der Waals surface area contributed by atoms with Crippen LogP contribution in [-0.2, 0) is 4.74 Å². The number of hydrogen-bond donors (Lipinski definition) is 1. The first-order valence-electron chi connectivity index (χ1n) is 7.59. The molecule has 1 aliphatic rings. The first kappa shape index (κ1) is 14.6. The Morgan fingerprint density at radius 1 is 1.45 bits per heavy atom. The summed E-state index contributed by atoms with van der Waals surface area (Å²) in [5, 5.41) is 9.78. The number of nitriles is 1. The van der Waals surface area contributed by atoms with Crippen molar-refractivity contribution < 1.29 is 9.53 Å². The molecule has 1 aliphatic heterocycles. The molecule has 0 bridgehead atoms. The maximum atomic E-state index is 12.9. The SMILES string of the molecule is N#CCCN(C[C@H]1CCOC1)C(=O)c1cccc2[nH]ccc12. The molecule has 1 fully saturated rings. The van der Waals surface area contributed by atoms with Gasteiger partial charge in [0.1, 0.15) is 0 Å². The molecule has 1 atom stereocenters. The molecule has 0 spiro atoms. The minimum atomic E-state index is -0.00708. The van der Waals surface area contributed by atoms with E-state index in [-0.39, 0.29) is 5.91 Å². The fourth-order valence-electron chi connectivity index (χ4n) is 2.94. The Hall–Kier alpha value is -2.32. The number of benzene rings is 1. The number of carbonyl (C=O) groups is 1. The van der Waals surface area contributed by atoms with E-state index in [9.17, 15) is 4.79 Å². The smallest absolute Gasteiger partial charge is 0.254 e. The fraction of sp³-hybridized carbons (Fsp3) is 0.412. The van der Waals surface area contributed by atoms with Gasteiger partial charge >= 0.3 is 0 Å². The lowest BCUT2D eigenvalue weighted by Gasteiger charge is -2.24. The molecule has 1 N–H and O–H groups in total. The first-order valence-corrected chi connectivity index (χ1v) is 7.59. The van der Waals surface area contributed by atoms with Crippen LogP contribution in [0.4, 0.5) is 0 Å². The number of aromatic amines is 1. The van der Waals surface area contributed by atoms with Gasteiger partial charge in [-0.25, -0.2) is 0 Å². The number of fused-ring (bicyclic) bond motifs is 1. The molecule has 22 heavy (non-hydrogen) atoms. The number of nitrogens with zero attached hydrogens (tertiary/aromatic N) is 2. The Kier molecular flexibility index (Phi) is 4.40. The van der Waals surface area contributed by atoms with Gasteiger partial charge in [-0.2, -0.15) is 5.26 Å². The second-order valence-corrected chi connectivity index (χ2v) is 5.63. The molecule has 1 aromatic heterocycles. The number of ether oxygens (including phenoxy) is 1. The van der Waals surface area contributed by atoms with E-state index in [4.69, 9.17) is 10.00 Å². The molecule has 114 valence electrons. The molecule has 2 aromatic rings. The van der Waals surface area contributed by atoms with Crippen LogP contribution < -0.4 is 0 Å². The van der Waals surface area contributed by atoms with Gasteiger partial charge in [-0.3, -0.25) is 4.79 Å². The highest BCUT2D eigenvalue weighted by Crippen LogP contribution is 2.21. The van der Waals surface area contributed by atoms with Crippen LogP contribution in [0.1, 0.15) is 23.2 Å². The van der Waals surface area contributed by atoms with Crippen molar-refractivity contribution in [1.82, 2.24) is 9.88 Å². The van der Waals surface area contributed by atoms with Crippen molar-refractivity contribution in [3.8, 4) is 6.07 Å². The van der Waals surface area contributed by atoms with Gasteiger partial charge < -0.3 is 14.6 Å². The van der Waals surface area contributed by atoms with E-state index >= 15 is 0 Å². The Balaban J connectivity index is 1.84. The number of H-pyrrole nitrogens is 1. The van der Waals surface area contributed by atoms with Gasteiger partial charge in [-0.15, -0.1) is 0 Å². The van der Waals surface area contributed by atoms with Gasteiger partial charge in [-0.1, -0.05) is 6.07 Å². The third-order valence-corrected chi connectivity index (χ3v) is 4.11. The van der Waals surface area contributed by atoms with Gasteiger partial charge in [0.15, 0.2) is 0 Å². The van der Waals surface area contributed by atoms with Crippen LogP contribution in [0.3, 0.4) is 0 Å². The first-order chi connectivity index (χ1) is 10.8. The largest absolute Gasteiger partial charge is 0.381 e. The second-order valence-electron chi connectivity index (χ2n) is 5.63. The lowest BCUT2D eigenvalue weighted by molar-refractivity contribution is 0.0726. The van der Waals surface area contributed by atoms with Crippen molar-refractivity contribution in [2.75, 3.05) is 26.3 Å². The van der Waals surface area contributed by atoms with Gasteiger partial charge in [0.2, 0.25) is 0 Å². The molecule has 0 aliphatic carbocycles. The van der Waals surface area contributed by atoms with Crippen LogP contribution >= 0.6 is 0 Å². The highest BCUT2D eigenvalue weighted by Gasteiger charge is 2.24. The molecule has 3 rings (SSSR count). The average Bonchev–Trinajstić information content (AvgIpc) is 3.21. The molecule has 5 nitrogen and oxygen atoms in total. The topological polar surface area (TPSA) is 69.1 Å². The maximum absolute atomic E-state index is 12.9. The molecule has 1 saturated heterocycles. The van der Waals surface area contributed by atoms with E-state index in [2.05, 4.69) is 11.1 Å². The lowest BCUT2D eigenvalue weighted by Crippen LogP contribution is -2.36. The number of amides is 1. The van der Waals surface area contributed by atoms with E-state index in [1.165, 1.54) is 0 Å². The number of aromatic nitrogens is 1. The second kappa shape index (κ2) is 6.63.